The highest BCUT2D eigenvalue weighted by Crippen LogP contribution is 2.23. The predicted octanol–water partition coefficient (Wildman–Crippen LogP) is 5.02. The molecule has 1 N–H and O–H groups in total. The van der Waals surface area contributed by atoms with Crippen LogP contribution in [0.3, 0.4) is 0 Å². The summed E-state index contributed by atoms with van der Waals surface area (Å²) in [5.74, 6) is 0. The first kappa shape index (κ1) is 14.1. The molecule has 0 fully saturated rings. The molecule has 0 aliphatic rings. The molecule has 96 valence electrons. The largest absolute Gasteiger partial charge is 0.308 e. The van der Waals surface area contributed by atoms with Crippen molar-refractivity contribution in [2.24, 2.45) is 0 Å². The first-order chi connectivity index (χ1) is 8.69. The highest BCUT2D eigenvalue weighted by molar-refractivity contribution is 9.10. The standard InChI is InChI=1S/C14H15BrClNS/c1-2-11-4-5-12(18-11)9-17-8-10-3-6-13(15)14(16)7-10/h3-7,17H,2,8-9H2,1H3. The molecule has 0 saturated heterocycles. The summed E-state index contributed by atoms with van der Waals surface area (Å²) in [6.07, 6.45) is 1.12. The predicted molar refractivity (Wildman–Crippen MR) is 83.4 cm³/mol. The maximum Gasteiger partial charge on any atom is 0.0551 e. The van der Waals surface area contributed by atoms with Gasteiger partial charge in [0.2, 0.25) is 0 Å². The van der Waals surface area contributed by atoms with Crippen LogP contribution < -0.4 is 5.32 Å². The Labute approximate surface area is 125 Å². The van der Waals surface area contributed by atoms with Crippen molar-refractivity contribution in [3.63, 3.8) is 0 Å². The second-order valence-corrected chi connectivity index (χ2v) is 6.59. The van der Waals surface area contributed by atoms with E-state index in [2.05, 4.69) is 46.4 Å². The molecule has 1 heterocycles. The summed E-state index contributed by atoms with van der Waals surface area (Å²) < 4.78 is 0.943. The molecule has 0 bridgehead atoms. The van der Waals surface area contributed by atoms with Crippen LogP contribution in [-0.2, 0) is 19.5 Å². The van der Waals surface area contributed by atoms with Crippen LogP contribution in [0.5, 0.6) is 0 Å². The summed E-state index contributed by atoms with van der Waals surface area (Å²) in [6.45, 7) is 3.94. The van der Waals surface area contributed by atoms with Crippen molar-refractivity contribution in [2.75, 3.05) is 0 Å². The molecule has 0 aliphatic carbocycles. The van der Waals surface area contributed by atoms with E-state index in [1.807, 2.05) is 23.5 Å². The molecule has 1 nitrogen and oxygen atoms in total. The molecule has 0 unspecified atom stereocenters. The number of nitrogens with one attached hydrogen (secondary N) is 1. The minimum atomic E-state index is 0.763. The molecule has 2 aromatic rings. The normalized spacial score (nSPS) is 10.8. The van der Waals surface area contributed by atoms with Gasteiger partial charge in [-0.3, -0.25) is 0 Å². The molecule has 0 spiro atoms. The molecule has 0 saturated carbocycles. The van der Waals surface area contributed by atoms with Crippen LogP contribution >= 0.6 is 38.9 Å². The van der Waals surface area contributed by atoms with Gasteiger partial charge >= 0.3 is 0 Å². The van der Waals surface area contributed by atoms with Gasteiger partial charge in [0, 0.05) is 27.3 Å². The Morgan fingerprint density at radius 3 is 2.61 bits per heavy atom. The number of halogens is 2. The first-order valence-corrected chi connectivity index (χ1v) is 7.90. The van der Waals surface area contributed by atoms with Gasteiger partial charge in [0.05, 0.1) is 5.02 Å². The number of thiophene rings is 1. The monoisotopic (exact) mass is 343 g/mol. The van der Waals surface area contributed by atoms with Gasteiger partial charge in [-0.05, 0) is 52.2 Å². The zero-order chi connectivity index (χ0) is 13.0. The third-order valence-corrected chi connectivity index (χ3v) is 5.14. The Kier molecular flexibility index (Phi) is 5.25. The van der Waals surface area contributed by atoms with Gasteiger partial charge in [0.15, 0.2) is 0 Å². The third-order valence-electron chi connectivity index (χ3n) is 2.68. The molecule has 0 amide bonds. The molecule has 1 aromatic heterocycles. The molecule has 0 atom stereocenters. The average Bonchev–Trinajstić information content (AvgIpc) is 2.82. The molecular weight excluding hydrogens is 330 g/mol. The van der Waals surface area contributed by atoms with E-state index in [1.165, 1.54) is 15.3 Å². The Bertz CT molecular complexity index is 524. The minimum Gasteiger partial charge on any atom is -0.308 e. The van der Waals surface area contributed by atoms with Gasteiger partial charge in [-0.25, -0.2) is 0 Å². The van der Waals surface area contributed by atoms with E-state index in [4.69, 9.17) is 11.6 Å². The number of benzene rings is 1. The molecule has 18 heavy (non-hydrogen) atoms. The van der Waals surface area contributed by atoms with Gasteiger partial charge in [0.25, 0.3) is 0 Å². The molecule has 1 aromatic carbocycles. The average molecular weight is 345 g/mol. The summed E-state index contributed by atoms with van der Waals surface area (Å²) in [7, 11) is 0. The Balaban J connectivity index is 1.86. The van der Waals surface area contributed by atoms with Crippen LogP contribution in [0.1, 0.15) is 22.2 Å². The Hall–Kier alpha value is -0.350. The highest BCUT2D eigenvalue weighted by Gasteiger charge is 2.01. The fraction of sp³-hybridized carbons (Fsp3) is 0.286. The van der Waals surface area contributed by atoms with Crippen molar-refractivity contribution in [3.8, 4) is 0 Å². The molecular formula is C14H15BrClNS. The van der Waals surface area contributed by atoms with E-state index >= 15 is 0 Å². The number of hydrogen-bond acceptors (Lipinski definition) is 2. The van der Waals surface area contributed by atoms with E-state index in [0.29, 0.717) is 0 Å². The summed E-state index contributed by atoms with van der Waals surface area (Å²) >= 11 is 11.3. The summed E-state index contributed by atoms with van der Waals surface area (Å²) in [5, 5.41) is 4.20. The van der Waals surface area contributed by atoms with Gasteiger partial charge in [-0.2, -0.15) is 0 Å². The van der Waals surface area contributed by atoms with Crippen molar-refractivity contribution in [2.45, 2.75) is 26.4 Å². The van der Waals surface area contributed by atoms with Crippen molar-refractivity contribution in [3.05, 3.63) is 55.1 Å². The van der Waals surface area contributed by atoms with Crippen molar-refractivity contribution >= 4 is 38.9 Å². The second kappa shape index (κ2) is 6.71. The maximum atomic E-state index is 6.06. The van der Waals surface area contributed by atoms with E-state index in [-0.39, 0.29) is 0 Å². The van der Waals surface area contributed by atoms with Crippen LogP contribution in [0.4, 0.5) is 0 Å². The fourth-order valence-electron chi connectivity index (χ4n) is 1.69. The summed E-state index contributed by atoms with van der Waals surface area (Å²) in [5.41, 5.74) is 1.20. The second-order valence-electron chi connectivity index (χ2n) is 4.07. The highest BCUT2D eigenvalue weighted by atomic mass is 79.9. The maximum absolute atomic E-state index is 6.06. The fourth-order valence-corrected chi connectivity index (χ4v) is 3.06. The van der Waals surface area contributed by atoms with Crippen LogP contribution in [0, 0.1) is 0 Å². The molecule has 4 heteroatoms. The summed E-state index contributed by atoms with van der Waals surface area (Å²) in [4.78, 5) is 2.83. The minimum absolute atomic E-state index is 0.763. The van der Waals surface area contributed by atoms with Crippen LogP contribution in [0.2, 0.25) is 5.02 Å². The Morgan fingerprint density at radius 2 is 1.94 bits per heavy atom. The van der Waals surface area contributed by atoms with E-state index < -0.39 is 0 Å². The van der Waals surface area contributed by atoms with Crippen molar-refractivity contribution in [1.29, 1.82) is 0 Å². The lowest BCUT2D eigenvalue weighted by Gasteiger charge is -2.05. The molecule has 0 aliphatic heterocycles. The quantitative estimate of drug-likeness (QED) is 0.803. The lowest BCUT2D eigenvalue weighted by molar-refractivity contribution is 0.701. The van der Waals surface area contributed by atoms with Gasteiger partial charge in [0.1, 0.15) is 0 Å². The molecule has 2 rings (SSSR count). The zero-order valence-electron chi connectivity index (χ0n) is 10.2. The van der Waals surface area contributed by atoms with Crippen LogP contribution in [0.15, 0.2) is 34.8 Å². The van der Waals surface area contributed by atoms with Crippen molar-refractivity contribution in [1.82, 2.24) is 5.32 Å². The lowest BCUT2D eigenvalue weighted by Crippen LogP contribution is -2.11. The topological polar surface area (TPSA) is 12.0 Å². The smallest absolute Gasteiger partial charge is 0.0551 e. The van der Waals surface area contributed by atoms with E-state index in [0.717, 1.165) is 29.0 Å². The van der Waals surface area contributed by atoms with E-state index in [1.54, 1.807) is 0 Å². The third kappa shape index (κ3) is 3.82. The van der Waals surface area contributed by atoms with Crippen LogP contribution in [0.25, 0.3) is 0 Å². The number of hydrogen-bond donors (Lipinski definition) is 1. The molecule has 0 radical (unpaired) electrons. The SMILES string of the molecule is CCc1ccc(CNCc2ccc(Br)c(Cl)c2)s1. The Morgan fingerprint density at radius 1 is 1.17 bits per heavy atom. The first-order valence-electron chi connectivity index (χ1n) is 5.91. The zero-order valence-corrected chi connectivity index (χ0v) is 13.3. The number of aryl methyl sites for hydroxylation is 1. The van der Waals surface area contributed by atoms with E-state index in [9.17, 15) is 0 Å². The van der Waals surface area contributed by atoms with Crippen LogP contribution in [-0.4, -0.2) is 0 Å². The van der Waals surface area contributed by atoms with Crippen molar-refractivity contribution < 1.29 is 0 Å². The van der Waals surface area contributed by atoms with Gasteiger partial charge in [-0.1, -0.05) is 24.6 Å². The number of rotatable bonds is 5. The van der Waals surface area contributed by atoms with Gasteiger partial charge in [-0.15, -0.1) is 11.3 Å². The lowest BCUT2D eigenvalue weighted by atomic mass is 10.2. The van der Waals surface area contributed by atoms with Gasteiger partial charge < -0.3 is 5.32 Å². The summed E-state index contributed by atoms with van der Waals surface area (Å²) in [6, 6.07) is 10.5.